The van der Waals surface area contributed by atoms with Gasteiger partial charge in [-0.05, 0) is 69.5 Å². The molecule has 0 saturated carbocycles. The Labute approximate surface area is 189 Å². The average molecular weight is 539 g/mol. The predicted octanol–water partition coefficient (Wildman–Crippen LogP) is 6.93. The van der Waals surface area contributed by atoms with Crippen LogP contribution in [0, 0.1) is 5.82 Å². The van der Waals surface area contributed by atoms with Crippen molar-refractivity contribution in [3.8, 4) is 5.75 Å². The summed E-state index contributed by atoms with van der Waals surface area (Å²) in [6.45, 7) is 0. The molecule has 0 spiro atoms. The van der Waals surface area contributed by atoms with E-state index < -0.39 is 6.17 Å². The highest BCUT2D eigenvalue weighted by molar-refractivity contribution is 9.10. The second-order valence-electron chi connectivity index (χ2n) is 6.79. The van der Waals surface area contributed by atoms with Crippen molar-refractivity contribution in [3.63, 3.8) is 0 Å². The average Bonchev–Trinajstić information content (AvgIpc) is 2.71. The molecule has 1 aliphatic heterocycles. The highest BCUT2D eigenvalue weighted by Crippen LogP contribution is 2.36. The number of phenolic OH excluding ortho intramolecular Hbond substituents is 1. The molecular weight excluding hydrogens is 523 g/mol. The molecule has 2 atom stereocenters. The fraction of sp³-hybridized carbons (Fsp3) is 0.136. The smallest absolute Gasteiger partial charge is 0.137 e. The summed E-state index contributed by atoms with van der Waals surface area (Å²) in [6.07, 6.45) is 0.168. The van der Waals surface area contributed by atoms with Gasteiger partial charge in [0.2, 0.25) is 0 Å². The van der Waals surface area contributed by atoms with E-state index in [0.717, 1.165) is 21.3 Å². The Morgan fingerprint density at radius 2 is 1.90 bits per heavy atom. The Bertz CT molecular complexity index is 1110. The second kappa shape index (κ2) is 8.56. The lowest BCUT2D eigenvalue weighted by Gasteiger charge is -2.31. The highest BCUT2D eigenvalue weighted by atomic mass is 79.9. The lowest BCUT2D eigenvalue weighted by molar-refractivity contribution is 0.412. The summed E-state index contributed by atoms with van der Waals surface area (Å²) < 4.78 is 15.1. The number of phenols is 1. The Morgan fingerprint density at radius 1 is 1.07 bits per heavy atom. The van der Waals surface area contributed by atoms with Gasteiger partial charge in [0.1, 0.15) is 17.7 Å². The normalized spacial score (nSPS) is 19.1. The summed E-state index contributed by atoms with van der Waals surface area (Å²) in [5.74, 6) is -0.161. The first-order valence-corrected chi connectivity index (χ1v) is 10.9. The van der Waals surface area contributed by atoms with Crippen molar-refractivity contribution in [2.75, 3.05) is 0 Å². The molecule has 3 aromatic carbocycles. The predicted molar refractivity (Wildman–Crippen MR) is 121 cm³/mol. The summed E-state index contributed by atoms with van der Waals surface area (Å²) in [4.78, 5) is 4.89. The molecule has 29 heavy (non-hydrogen) atoms. The van der Waals surface area contributed by atoms with Crippen LogP contribution in [0.25, 0.3) is 0 Å². The van der Waals surface area contributed by atoms with Crippen LogP contribution in [0.3, 0.4) is 0 Å². The van der Waals surface area contributed by atoms with E-state index in [4.69, 9.17) is 16.6 Å². The highest BCUT2D eigenvalue weighted by Gasteiger charge is 2.28. The van der Waals surface area contributed by atoms with Gasteiger partial charge in [0.05, 0.1) is 4.47 Å². The van der Waals surface area contributed by atoms with Crippen LogP contribution >= 0.6 is 43.5 Å². The molecule has 1 heterocycles. The summed E-state index contributed by atoms with van der Waals surface area (Å²) in [5.41, 5.74) is 3.39. The molecule has 3 aromatic rings. The molecule has 1 aliphatic rings. The molecule has 4 rings (SSSR count). The van der Waals surface area contributed by atoms with E-state index in [1.807, 2.05) is 24.3 Å². The first-order chi connectivity index (χ1) is 13.9. The molecule has 148 valence electrons. The van der Waals surface area contributed by atoms with Crippen molar-refractivity contribution in [1.29, 1.82) is 0 Å². The lowest BCUT2D eigenvalue weighted by Crippen LogP contribution is -2.33. The van der Waals surface area contributed by atoms with Crippen LogP contribution in [0.1, 0.15) is 35.3 Å². The maximum Gasteiger partial charge on any atom is 0.137 e. The van der Waals surface area contributed by atoms with Crippen LogP contribution in [-0.4, -0.2) is 10.8 Å². The number of nitrogens with zero attached hydrogens (tertiary/aromatic N) is 1. The van der Waals surface area contributed by atoms with Crippen LogP contribution in [0.2, 0.25) is 5.02 Å². The first-order valence-electron chi connectivity index (χ1n) is 8.93. The van der Waals surface area contributed by atoms with Gasteiger partial charge in [-0.1, -0.05) is 45.7 Å². The molecule has 3 nitrogen and oxygen atoms in total. The van der Waals surface area contributed by atoms with Gasteiger partial charge >= 0.3 is 0 Å². The quantitative estimate of drug-likeness (QED) is 0.380. The van der Waals surface area contributed by atoms with E-state index >= 15 is 0 Å². The summed E-state index contributed by atoms with van der Waals surface area (Å²) >= 11 is 12.9. The number of benzene rings is 3. The zero-order valence-corrected chi connectivity index (χ0v) is 19.0. The molecule has 0 saturated heterocycles. The molecule has 7 heteroatoms. The molecule has 0 unspecified atom stereocenters. The number of hydrogen-bond acceptors (Lipinski definition) is 3. The van der Waals surface area contributed by atoms with E-state index in [-0.39, 0.29) is 17.6 Å². The second-order valence-corrected chi connectivity index (χ2v) is 9.00. The van der Waals surface area contributed by atoms with Crippen molar-refractivity contribution in [2.24, 2.45) is 4.99 Å². The number of hydrogen-bond donors (Lipinski definition) is 2. The van der Waals surface area contributed by atoms with Crippen LogP contribution in [0.4, 0.5) is 4.39 Å². The van der Waals surface area contributed by atoms with E-state index in [1.54, 1.807) is 30.3 Å². The maximum atomic E-state index is 13.7. The molecule has 0 fully saturated rings. The minimum atomic E-state index is -0.405. The Balaban J connectivity index is 1.79. The van der Waals surface area contributed by atoms with Crippen LogP contribution in [0.15, 0.2) is 74.6 Å². The van der Waals surface area contributed by atoms with E-state index in [0.29, 0.717) is 21.5 Å². The Hall–Kier alpha value is -1.73. The fourth-order valence-electron chi connectivity index (χ4n) is 3.41. The molecule has 0 bridgehead atoms. The van der Waals surface area contributed by atoms with Gasteiger partial charge in [-0.15, -0.1) is 0 Å². The van der Waals surface area contributed by atoms with Crippen molar-refractivity contribution in [2.45, 2.75) is 18.6 Å². The summed E-state index contributed by atoms with van der Waals surface area (Å²) in [6, 6.07) is 17.6. The van der Waals surface area contributed by atoms with Crippen molar-refractivity contribution < 1.29 is 9.50 Å². The number of nitrogens with one attached hydrogen (secondary N) is 1. The molecular formula is C22H16Br2ClFN2O. The Morgan fingerprint density at radius 3 is 2.66 bits per heavy atom. The maximum absolute atomic E-state index is 13.7. The van der Waals surface area contributed by atoms with Crippen molar-refractivity contribution >= 4 is 49.2 Å². The fourth-order valence-corrected chi connectivity index (χ4v) is 4.38. The monoisotopic (exact) mass is 536 g/mol. The third kappa shape index (κ3) is 4.56. The molecule has 0 radical (unpaired) electrons. The molecule has 0 aromatic heterocycles. The minimum absolute atomic E-state index is 0.168. The van der Waals surface area contributed by atoms with Gasteiger partial charge in [-0.3, -0.25) is 10.3 Å². The summed E-state index contributed by atoms with van der Waals surface area (Å²) in [7, 11) is 0. The van der Waals surface area contributed by atoms with Gasteiger partial charge in [0.15, 0.2) is 0 Å². The third-order valence-electron chi connectivity index (χ3n) is 4.82. The van der Waals surface area contributed by atoms with E-state index in [1.165, 1.54) is 6.07 Å². The molecule has 0 aliphatic carbocycles. The van der Waals surface area contributed by atoms with Gasteiger partial charge in [-0.25, -0.2) is 4.39 Å². The largest absolute Gasteiger partial charge is 0.508 e. The van der Waals surface area contributed by atoms with Gasteiger partial charge in [-0.2, -0.15) is 0 Å². The van der Waals surface area contributed by atoms with Crippen molar-refractivity contribution in [3.05, 3.63) is 97.1 Å². The SMILES string of the molecule is Oc1ccc(Cl)cc1[C@H]1CC(c2cccc(Br)c2)=N[C@@H](c2ccc(F)c(Br)c2)N1. The zero-order valence-electron chi connectivity index (χ0n) is 15.0. The van der Waals surface area contributed by atoms with E-state index in [2.05, 4.69) is 37.2 Å². The lowest BCUT2D eigenvalue weighted by atomic mass is 9.93. The summed E-state index contributed by atoms with van der Waals surface area (Å²) in [5, 5.41) is 14.4. The number of aromatic hydroxyl groups is 1. The van der Waals surface area contributed by atoms with Crippen LogP contribution < -0.4 is 5.32 Å². The van der Waals surface area contributed by atoms with Crippen LogP contribution in [0.5, 0.6) is 5.75 Å². The first kappa shape index (κ1) is 20.5. The number of rotatable bonds is 3. The van der Waals surface area contributed by atoms with Gasteiger partial charge in [0.25, 0.3) is 0 Å². The van der Waals surface area contributed by atoms with Gasteiger partial charge in [0, 0.05) is 33.2 Å². The minimum Gasteiger partial charge on any atom is -0.508 e. The topological polar surface area (TPSA) is 44.6 Å². The zero-order chi connectivity index (χ0) is 20.5. The third-order valence-corrected chi connectivity index (χ3v) is 6.16. The standard InChI is InChI=1S/C22H16Br2ClFN2O/c23-14-3-1-2-12(8-14)19-11-20(16-10-15(25)5-7-21(16)29)28-22(27-19)13-4-6-18(26)17(24)9-13/h1-10,20,22,28-29H,11H2/t20-,22-/m1/s1. The number of aliphatic imine (C=N–C) groups is 1. The number of halogens is 4. The van der Waals surface area contributed by atoms with Gasteiger partial charge < -0.3 is 5.11 Å². The molecule has 2 N–H and O–H groups in total. The van der Waals surface area contributed by atoms with Crippen LogP contribution in [-0.2, 0) is 0 Å². The Kier molecular flexibility index (Phi) is 6.06. The van der Waals surface area contributed by atoms with E-state index in [9.17, 15) is 9.50 Å². The molecule has 0 amide bonds. The van der Waals surface area contributed by atoms with Crippen molar-refractivity contribution in [1.82, 2.24) is 5.32 Å².